The monoisotopic (exact) mass is 521 g/mol. The van der Waals surface area contributed by atoms with E-state index < -0.39 is 48.4 Å². The molecule has 0 spiro atoms. The van der Waals surface area contributed by atoms with E-state index in [0.717, 1.165) is 12.1 Å². The summed E-state index contributed by atoms with van der Waals surface area (Å²) in [6.45, 7) is 1.29. The summed E-state index contributed by atoms with van der Waals surface area (Å²) in [4.78, 5) is 4.25. The molecule has 14 heteroatoms. The van der Waals surface area contributed by atoms with Crippen molar-refractivity contribution in [1.29, 1.82) is 0 Å². The number of aliphatic hydroxyl groups is 2. The highest BCUT2D eigenvalue weighted by Gasteiger charge is 2.41. The molecule has 1 aromatic carbocycles. The van der Waals surface area contributed by atoms with E-state index in [1.807, 2.05) is 0 Å². The molecular weight excluding hydrogens is 503 g/mol. The first-order valence-corrected chi connectivity index (χ1v) is 11.2. The Balaban J connectivity index is 1.48. The number of aryl methyl sites for hydroxylation is 1. The largest absolute Gasteiger partial charge is 0.394 e. The first-order valence-electron chi connectivity index (χ1n) is 10.8. The molecule has 4 heterocycles. The Labute approximate surface area is 206 Å². The van der Waals surface area contributed by atoms with Crippen LogP contribution >= 0.6 is 11.6 Å². The highest BCUT2D eigenvalue weighted by Crippen LogP contribution is 2.38. The topological polar surface area (TPSA) is 124 Å². The van der Waals surface area contributed by atoms with Crippen LogP contribution in [0.15, 0.2) is 36.9 Å². The highest BCUT2D eigenvalue weighted by molar-refractivity contribution is 6.30. The predicted octanol–water partition coefficient (Wildman–Crippen LogP) is 2.72. The highest BCUT2D eigenvalue weighted by atomic mass is 35.5. The molecule has 4 unspecified atom stereocenters. The average molecular weight is 522 g/mol. The lowest BCUT2D eigenvalue weighted by Gasteiger charge is -2.38. The molecule has 0 bridgehead atoms. The molecule has 5 rings (SSSR count). The van der Waals surface area contributed by atoms with Crippen LogP contribution in [0, 0.1) is 24.4 Å². The van der Waals surface area contributed by atoms with Crippen LogP contribution in [0.5, 0.6) is 0 Å². The molecule has 3 aromatic heterocycles. The SMILES string of the molecule is Cc1ncc(Cl)cc1-n1cnnc1C1CC(n2cc(-c3cc(F)c(F)c(F)c3)nn2)C(O)C(CO)O1. The Morgan fingerprint density at radius 1 is 1.17 bits per heavy atom. The third-order valence-corrected chi connectivity index (χ3v) is 6.23. The molecule has 1 saturated heterocycles. The van der Waals surface area contributed by atoms with Gasteiger partial charge in [-0.25, -0.2) is 17.9 Å². The zero-order chi connectivity index (χ0) is 25.6. The Morgan fingerprint density at radius 3 is 2.64 bits per heavy atom. The van der Waals surface area contributed by atoms with E-state index in [9.17, 15) is 23.4 Å². The van der Waals surface area contributed by atoms with Crippen LogP contribution in [0.3, 0.4) is 0 Å². The number of pyridine rings is 1. The van der Waals surface area contributed by atoms with Crippen molar-refractivity contribution in [1.82, 2.24) is 34.7 Å². The summed E-state index contributed by atoms with van der Waals surface area (Å²) in [6, 6.07) is 2.54. The number of aliphatic hydroxyl groups excluding tert-OH is 2. The van der Waals surface area contributed by atoms with Crippen LogP contribution in [-0.4, -0.2) is 63.8 Å². The molecule has 1 fully saturated rings. The number of benzene rings is 1. The van der Waals surface area contributed by atoms with E-state index >= 15 is 0 Å². The lowest BCUT2D eigenvalue weighted by Crippen LogP contribution is -2.45. The van der Waals surface area contributed by atoms with Gasteiger partial charge in [-0.3, -0.25) is 9.55 Å². The molecule has 0 radical (unpaired) electrons. The van der Waals surface area contributed by atoms with Gasteiger partial charge in [-0.15, -0.1) is 15.3 Å². The van der Waals surface area contributed by atoms with Gasteiger partial charge in [-0.1, -0.05) is 16.8 Å². The second kappa shape index (κ2) is 9.58. The van der Waals surface area contributed by atoms with Crippen LogP contribution in [0.2, 0.25) is 5.02 Å². The van der Waals surface area contributed by atoms with Crippen LogP contribution in [0.1, 0.15) is 30.1 Å². The van der Waals surface area contributed by atoms with Crippen LogP contribution in [-0.2, 0) is 4.74 Å². The molecule has 0 aliphatic carbocycles. The zero-order valence-corrected chi connectivity index (χ0v) is 19.4. The molecule has 0 saturated carbocycles. The van der Waals surface area contributed by atoms with E-state index in [0.29, 0.717) is 22.2 Å². The maximum atomic E-state index is 13.7. The molecule has 2 N–H and O–H groups in total. The van der Waals surface area contributed by atoms with Crippen molar-refractivity contribution < 1.29 is 28.1 Å². The van der Waals surface area contributed by atoms with Gasteiger partial charge in [0.1, 0.15) is 30.3 Å². The van der Waals surface area contributed by atoms with E-state index in [2.05, 4.69) is 25.5 Å². The number of nitrogens with zero attached hydrogens (tertiary/aromatic N) is 7. The molecule has 188 valence electrons. The molecular formula is C22H19ClF3N7O3. The van der Waals surface area contributed by atoms with Gasteiger partial charge in [0.2, 0.25) is 0 Å². The van der Waals surface area contributed by atoms with Gasteiger partial charge in [0.15, 0.2) is 23.3 Å². The van der Waals surface area contributed by atoms with Crippen molar-refractivity contribution in [2.75, 3.05) is 6.61 Å². The summed E-state index contributed by atoms with van der Waals surface area (Å²) in [5.41, 5.74) is 1.31. The minimum Gasteiger partial charge on any atom is -0.394 e. The quantitative estimate of drug-likeness (QED) is 0.384. The van der Waals surface area contributed by atoms with Crippen molar-refractivity contribution in [2.24, 2.45) is 0 Å². The van der Waals surface area contributed by atoms with Crippen molar-refractivity contribution >= 4 is 11.6 Å². The third kappa shape index (κ3) is 4.34. The summed E-state index contributed by atoms with van der Waals surface area (Å²) >= 11 is 6.12. The van der Waals surface area contributed by atoms with E-state index in [1.54, 1.807) is 17.6 Å². The minimum atomic E-state index is -1.59. The van der Waals surface area contributed by atoms with Gasteiger partial charge in [-0.05, 0) is 25.1 Å². The summed E-state index contributed by atoms with van der Waals surface area (Å²) < 4.78 is 49.7. The smallest absolute Gasteiger partial charge is 0.194 e. The second-order valence-electron chi connectivity index (χ2n) is 8.29. The first kappa shape index (κ1) is 24.3. The standard InChI is InChI=1S/C22H19ClF3N7O3/c1-10-16(4-12(23)6-27-10)32-9-28-30-22(32)18-5-17(21(35)19(8-34)36-18)33-7-15(29-31-33)11-2-13(24)20(26)14(25)3-11/h2-4,6-7,9,17-19,21,34-35H,5,8H2,1H3. The number of aromatic nitrogens is 7. The fourth-order valence-electron chi connectivity index (χ4n) is 4.20. The molecule has 36 heavy (non-hydrogen) atoms. The Bertz CT molecular complexity index is 1390. The van der Waals surface area contributed by atoms with Gasteiger partial charge in [0.25, 0.3) is 0 Å². The molecule has 1 aliphatic rings. The molecule has 4 atom stereocenters. The maximum Gasteiger partial charge on any atom is 0.194 e. The maximum absolute atomic E-state index is 13.7. The van der Waals surface area contributed by atoms with Gasteiger partial charge < -0.3 is 14.9 Å². The van der Waals surface area contributed by atoms with E-state index in [-0.39, 0.29) is 17.7 Å². The fraction of sp³-hybridized carbons (Fsp3) is 0.318. The Hall–Kier alpha value is -3.39. The van der Waals surface area contributed by atoms with Crippen molar-refractivity contribution in [3.05, 3.63) is 70.9 Å². The summed E-state index contributed by atoms with van der Waals surface area (Å²) in [7, 11) is 0. The van der Waals surface area contributed by atoms with Crippen molar-refractivity contribution in [3.8, 4) is 16.9 Å². The molecule has 0 amide bonds. The third-order valence-electron chi connectivity index (χ3n) is 6.03. The normalized spacial score (nSPS) is 22.2. The van der Waals surface area contributed by atoms with Gasteiger partial charge in [0, 0.05) is 18.2 Å². The van der Waals surface area contributed by atoms with Crippen LogP contribution in [0.4, 0.5) is 13.2 Å². The zero-order valence-electron chi connectivity index (χ0n) is 18.6. The van der Waals surface area contributed by atoms with Crippen molar-refractivity contribution in [2.45, 2.75) is 37.7 Å². The van der Waals surface area contributed by atoms with Crippen LogP contribution < -0.4 is 0 Å². The molecule has 1 aliphatic heterocycles. The van der Waals surface area contributed by atoms with Crippen molar-refractivity contribution in [3.63, 3.8) is 0 Å². The van der Waals surface area contributed by atoms with Crippen LogP contribution in [0.25, 0.3) is 16.9 Å². The summed E-state index contributed by atoms with van der Waals surface area (Å²) in [6.07, 6.45) is 1.53. The number of ether oxygens (including phenoxy) is 1. The van der Waals surface area contributed by atoms with Gasteiger partial charge >= 0.3 is 0 Å². The first-order chi connectivity index (χ1) is 17.3. The lowest BCUT2D eigenvalue weighted by atomic mass is 9.95. The Kier molecular flexibility index (Phi) is 6.47. The predicted molar refractivity (Wildman–Crippen MR) is 119 cm³/mol. The van der Waals surface area contributed by atoms with Gasteiger partial charge in [-0.2, -0.15) is 0 Å². The minimum absolute atomic E-state index is 0.0295. The molecule has 10 nitrogen and oxygen atoms in total. The average Bonchev–Trinajstić information content (AvgIpc) is 3.54. The number of hydrogen-bond donors (Lipinski definition) is 2. The number of rotatable bonds is 5. The number of halogens is 4. The molecule has 4 aromatic rings. The summed E-state index contributed by atoms with van der Waals surface area (Å²) in [5, 5.41) is 37.2. The number of hydrogen-bond acceptors (Lipinski definition) is 8. The van der Waals surface area contributed by atoms with E-state index in [1.165, 1.54) is 23.4 Å². The summed E-state index contributed by atoms with van der Waals surface area (Å²) in [5.74, 6) is -3.94. The lowest BCUT2D eigenvalue weighted by molar-refractivity contribution is -0.161. The second-order valence-corrected chi connectivity index (χ2v) is 8.73. The van der Waals surface area contributed by atoms with E-state index in [4.69, 9.17) is 16.3 Å². The Morgan fingerprint density at radius 2 is 1.92 bits per heavy atom. The van der Waals surface area contributed by atoms with Gasteiger partial charge in [0.05, 0.1) is 35.2 Å². The fourth-order valence-corrected chi connectivity index (χ4v) is 4.35.